The number of anilines is 2. The molecule has 1 atom stereocenters. The van der Waals surface area contributed by atoms with Gasteiger partial charge < -0.3 is 29.4 Å². The summed E-state index contributed by atoms with van der Waals surface area (Å²) in [5.74, 6) is -3.03. The lowest BCUT2D eigenvalue weighted by Gasteiger charge is -2.18. The highest BCUT2D eigenvalue weighted by molar-refractivity contribution is 7.92. The zero-order valence-corrected chi connectivity index (χ0v) is 31.3. The van der Waals surface area contributed by atoms with Crippen LogP contribution in [0, 0.1) is 13.8 Å². The highest BCUT2D eigenvalue weighted by Gasteiger charge is 2.27. The summed E-state index contributed by atoms with van der Waals surface area (Å²) in [6.07, 6.45) is -1.96. The number of hydrogen-bond acceptors (Lipinski definition) is 14. The van der Waals surface area contributed by atoms with Crippen molar-refractivity contribution in [3.63, 3.8) is 0 Å². The second-order valence-electron chi connectivity index (χ2n) is 11.4. The number of carbonyl (C=O) groups excluding carboxylic acids is 2. The van der Waals surface area contributed by atoms with E-state index in [-0.39, 0.29) is 31.8 Å². The van der Waals surface area contributed by atoms with E-state index in [0.717, 1.165) is 23.3 Å². The molecule has 0 heterocycles. The van der Waals surface area contributed by atoms with E-state index in [1.807, 2.05) is 0 Å². The average Bonchev–Trinajstić information content (AvgIpc) is 3.11. The van der Waals surface area contributed by atoms with Crippen LogP contribution < -0.4 is 19.9 Å². The molecule has 0 radical (unpaired) electrons. The molecule has 0 saturated carbocycles. The van der Waals surface area contributed by atoms with E-state index in [0.29, 0.717) is 5.75 Å². The van der Waals surface area contributed by atoms with Gasteiger partial charge in [-0.15, -0.1) is 0 Å². The smallest absolute Gasteiger partial charge is 0.376 e. The SMILES string of the molecule is COc1ccc(NS(=O)(=O)c2ccc(OC(OCC(=O)OCCS(=O)(=O)c3ccc(C)cc3)C(=O)OCCS(=O)(=O)c3ccc(C)cc3)cc2)c(N)c1. The second kappa shape index (κ2) is 17.6. The van der Waals surface area contributed by atoms with Crippen LogP contribution >= 0.6 is 0 Å². The normalized spacial score (nSPS) is 12.4. The van der Waals surface area contributed by atoms with Crippen molar-refractivity contribution in [3.8, 4) is 11.5 Å². The van der Waals surface area contributed by atoms with E-state index in [1.54, 1.807) is 38.1 Å². The van der Waals surface area contributed by atoms with Gasteiger partial charge in [-0.05, 0) is 74.5 Å². The summed E-state index contributed by atoms with van der Waals surface area (Å²) in [5, 5.41) is 0. The van der Waals surface area contributed by atoms with E-state index in [2.05, 4.69) is 4.72 Å². The van der Waals surface area contributed by atoms with Gasteiger partial charge in [-0.3, -0.25) is 4.72 Å². The maximum absolute atomic E-state index is 13.0. The number of nitrogens with two attached hydrogens (primary N) is 1. The molecule has 0 spiro atoms. The molecule has 4 aromatic rings. The fourth-order valence-electron chi connectivity index (χ4n) is 4.43. The van der Waals surface area contributed by atoms with Crippen molar-refractivity contribution in [3.05, 3.63) is 102 Å². The third-order valence-corrected chi connectivity index (χ3v) is 12.2. The number of sulfone groups is 2. The molecule has 0 aliphatic heterocycles. The van der Waals surface area contributed by atoms with Crippen molar-refractivity contribution in [1.82, 2.24) is 0 Å². The fraction of sp³-hybridized carbons (Fsp3) is 0.257. The first-order valence-corrected chi connectivity index (χ1v) is 20.5. The van der Waals surface area contributed by atoms with Crippen molar-refractivity contribution in [1.29, 1.82) is 0 Å². The van der Waals surface area contributed by atoms with Crippen LogP contribution in [0.1, 0.15) is 11.1 Å². The Hall–Kier alpha value is -5.17. The molecule has 4 aromatic carbocycles. The zero-order chi connectivity index (χ0) is 38.8. The minimum atomic E-state index is -4.14. The Labute approximate surface area is 307 Å². The first kappa shape index (κ1) is 40.6. The first-order valence-electron chi connectivity index (χ1n) is 15.7. The number of esters is 2. The third-order valence-electron chi connectivity index (χ3n) is 7.40. The molecule has 0 aliphatic carbocycles. The number of hydrogen-bond donors (Lipinski definition) is 2. The van der Waals surface area contributed by atoms with Gasteiger partial charge in [0.05, 0.1) is 44.7 Å². The number of ether oxygens (including phenoxy) is 5. The van der Waals surface area contributed by atoms with Crippen LogP contribution in [0.3, 0.4) is 0 Å². The zero-order valence-electron chi connectivity index (χ0n) is 28.9. The van der Waals surface area contributed by atoms with Gasteiger partial charge in [0, 0.05) is 6.07 Å². The third kappa shape index (κ3) is 11.7. The van der Waals surface area contributed by atoms with Gasteiger partial charge in [-0.25, -0.2) is 34.8 Å². The quantitative estimate of drug-likeness (QED) is 0.0838. The molecule has 0 saturated heterocycles. The van der Waals surface area contributed by atoms with E-state index < -0.39 is 79.3 Å². The lowest BCUT2D eigenvalue weighted by Crippen LogP contribution is -2.35. The molecule has 0 amide bonds. The Balaban J connectivity index is 1.41. The number of methoxy groups -OCH3 is 1. The Morgan fingerprint density at radius 1 is 0.679 bits per heavy atom. The Morgan fingerprint density at radius 2 is 1.17 bits per heavy atom. The molecule has 284 valence electrons. The van der Waals surface area contributed by atoms with E-state index in [9.17, 15) is 34.8 Å². The van der Waals surface area contributed by atoms with Crippen molar-refractivity contribution < 1.29 is 58.5 Å². The summed E-state index contributed by atoms with van der Waals surface area (Å²) >= 11 is 0. The topological polar surface area (TPSA) is 221 Å². The highest BCUT2D eigenvalue weighted by Crippen LogP contribution is 2.27. The Bertz CT molecular complexity index is 2230. The van der Waals surface area contributed by atoms with Crippen LogP contribution in [0.4, 0.5) is 11.4 Å². The maximum Gasteiger partial charge on any atom is 0.376 e. The standard InChI is InChI=1S/C35H38N2O13S3/c1-24-4-11-28(12-5-24)51(40,41)20-18-47-33(38)23-49-35(34(39)48-19-21-52(42,43)29-13-6-25(2)7-14-29)50-26-8-15-30(16-9-26)53(44,45)37-32-17-10-27(46-3)22-31(32)36/h4-17,22,35,37H,18-21,23,36H2,1-3H3. The van der Waals surface area contributed by atoms with Crippen molar-refractivity contribution >= 4 is 53.0 Å². The number of rotatable bonds is 18. The van der Waals surface area contributed by atoms with Gasteiger partial charge in [0.1, 0.15) is 31.3 Å². The summed E-state index contributed by atoms with van der Waals surface area (Å²) in [6.45, 7) is 1.58. The van der Waals surface area contributed by atoms with Gasteiger partial charge in [-0.1, -0.05) is 35.4 Å². The summed E-state index contributed by atoms with van der Waals surface area (Å²) in [5.41, 5.74) is 7.86. The molecule has 0 fully saturated rings. The monoisotopic (exact) mass is 790 g/mol. The summed E-state index contributed by atoms with van der Waals surface area (Å²) in [6, 6.07) is 21.3. The molecule has 0 aromatic heterocycles. The van der Waals surface area contributed by atoms with Crippen molar-refractivity contribution in [2.24, 2.45) is 0 Å². The maximum atomic E-state index is 13.0. The number of aryl methyl sites for hydroxylation is 2. The minimum Gasteiger partial charge on any atom is -0.497 e. The Kier molecular flexibility index (Phi) is 13.5. The fourth-order valence-corrected chi connectivity index (χ4v) is 7.70. The number of benzene rings is 4. The molecular weight excluding hydrogens is 753 g/mol. The summed E-state index contributed by atoms with van der Waals surface area (Å²) < 4.78 is 105. The molecule has 0 aliphatic rings. The lowest BCUT2D eigenvalue weighted by molar-refractivity contribution is -0.182. The molecule has 3 N–H and O–H groups in total. The molecule has 1 unspecified atom stereocenters. The predicted molar refractivity (Wildman–Crippen MR) is 193 cm³/mol. The first-order chi connectivity index (χ1) is 25.0. The van der Waals surface area contributed by atoms with Gasteiger partial charge >= 0.3 is 11.9 Å². The van der Waals surface area contributed by atoms with Crippen LogP contribution in [-0.4, -0.2) is 81.9 Å². The number of sulfonamides is 1. The average molecular weight is 791 g/mol. The lowest BCUT2D eigenvalue weighted by atomic mass is 10.2. The van der Waals surface area contributed by atoms with Crippen LogP contribution in [-0.2, 0) is 53.5 Å². The van der Waals surface area contributed by atoms with E-state index in [4.69, 9.17) is 29.4 Å². The van der Waals surface area contributed by atoms with E-state index >= 15 is 0 Å². The predicted octanol–water partition coefficient (Wildman–Crippen LogP) is 3.45. The Morgan fingerprint density at radius 3 is 1.68 bits per heavy atom. The molecule has 4 rings (SSSR count). The summed E-state index contributed by atoms with van der Waals surface area (Å²) in [4.78, 5) is 25.4. The molecular formula is C35H38N2O13S3. The molecule has 0 bridgehead atoms. The number of nitrogen functional groups attached to an aromatic ring is 1. The molecule has 15 nitrogen and oxygen atoms in total. The van der Waals surface area contributed by atoms with Crippen LogP contribution in [0.5, 0.6) is 11.5 Å². The molecule has 53 heavy (non-hydrogen) atoms. The number of nitrogens with one attached hydrogen (secondary N) is 1. The van der Waals surface area contributed by atoms with Gasteiger partial charge in [0.15, 0.2) is 19.7 Å². The van der Waals surface area contributed by atoms with Crippen LogP contribution in [0.15, 0.2) is 106 Å². The van der Waals surface area contributed by atoms with Crippen LogP contribution in [0.2, 0.25) is 0 Å². The summed E-state index contributed by atoms with van der Waals surface area (Å²) in [7, 11) is -10.3. The van der Waals surface area contributed by atoms with Crippen molar-refractivity contribution in [2.45, 2.75) is 34.8 Å². The van der Waals surface area contributed by atoms with Gasteiger partial charge in [-0.2, -0.15) is 0 Å². The van der Waals surface area contributed by atoms with Crippen LogP contribution in [0.25, 0.3) is 0 Å². The number of carbonyl (C=O) groups is 2. The molecule has 18 heteroatoms. The van der Waals surface area contributed by atoms with E-state index in [1.165, 1.54) is 61.7 Å². The van der Waals surface area contributed by atoms with Gasteiger partial charge in [0.2, 0.25) is 0 Å². The van der Waals surface area contributed by atoms with Gasteiger partial charge in [0.25, 0.3) is 16.3 Å². The van der Waals surface area contributed by atoms with Crippen molar-refractivity contribution in [2.75, 3.05) is 48.9 Å². The largest absolute Gasteiger partial charge is 0.497 e. The highest BCUT2D eigenvalue weighted by atomic mass is 32.2. The minimum absolute atomic E-state index is 0.0227. The second-order valence-corrected chi connectivity index (χ2v) is 17.3.